The smallest absolute Gasteiger partial charge is 0.258 e. The van der Waals surface area contributed by atoms with Crippen molar-refractivity contribution in [2.45, 2.75) is 0 Å². The van der Waals surface area contributed by atoms with Crippen molar-refractivity contribution in [2.24, 2.45) is 0 Å². The quantitative estimate of drug-likeness (QED) is 0.494. The lowest BCUT2D eigenvalue weighted by Gasteiger charge is -2.12. The van der Waals surface area contributed by atoms with E-state index in [0.717, 1.165) is 10.9 Å². The van der Waals surface area contributed by atoms with E-state index in [9.17, 15) is 4.79 Å². The highest BCUT2D eigenvalue weighted by atomic mass is 35.5. The van der Waals surface area contributed by atoms with Crippen LogP contribution in [0.5, 0.6) is 0 Å². The van der Waals surface area contributed by atoms with Gasteiger partial charge in [0.05, 0.1) is 16.1 Å². The fraction of sp³-hybridized carbons (Fsp3) is 0. The maximum absolute atomic E-state index is 12.1. The summed E-state index contributed by atoms with van der Waals surface area (Å²) in [4.78, 5) is 20.4. The average molecular weight is 358 g/mol. The summed E-state index contributed by atoms with van der Waals surface area (Å²) in [6.45, 7) is 0. The number of amides is 1. The number of aromatic nitrogens is 2. The fourth-order valence-corrected chi connectivity index (χ4v) is 2.43. The van der Waals surface area contributed by atoms with Crippen LogP contribution in [0, 0.1) is 0 Å². The third-order valence-electron chi connectivity index (χ3n) is 3.18. The van der Waals surface area contributed by atoms with Crippen LogP contribution in [0.25, 0.3) is 10.9 Å². The Labute approximate surface area is 148 Å². The van der Waals surface area contributed by atoms with Crippen LogP contribution in [0.4, 0.5) is 5.82 Å². The number of thiocarbonyl (C=S) groups is 1. The summed E-state index contributed by atoms with van der Waals surface area (Å²) in [5.74, 6) is 0.155. The van der Waals surface area contributed by atoms with E-state index < -0.39 is 5.91 Å². The Bertz CT molecular complexity index is 912. The molecule has 0 unspecified atom stereocenters. The van der Waals surface area contributed by atoms with Gasteiger partial charge in [0.15, 0.2) is 10.9 Å². The first kappa shape index (κ1) is 16.1. The Kier molecular flexibility index (Phi) is 4.83. The SMILES string of the molecule is O=C(NC(=S)NNc1ncnc2ccccc12)c1ccccc1Cl. The van der Waals surface area contributed by atoms with Crippen molar-refractivity contribution in [2.75, 3.05) is 5.43 Å². The van der Waals surface area contributed by atoms with Gasteiger partial charge in [-0.3, -0.25) is 21.0 Å². The molecule has 0 saturated heterocycles. The summed E-state index contributed by atoms with van der Waals surface area (Å²) in [6, 6.07) is 14.3. The van der Waals surface area contributed by atoms with Crippen LogP contribution >= 0.6 is 23.8 Å². The van der Waals surface area contributed by atoms with Gasteiger partial charge in [0.2, 0.25) is 0 Å². The normalized spacial score (nSPS) is 10.2. The van der Waals surface area contributed by atoms with Gasteiger partial charge in [-0.25, -0.2) is 9.97 Å². The predicted molar refractivity (Wildman–Crippen MR) is 97.8 cm³/mol. The van der Waals surface area contributed by atoms with Gasteiger partial charge in [0.1, 0.15) is 6.33 Å². The molecule has 0 fully saturated rings. The number of nitrogens with zero attached hydrogens (tertiary/aromatic N) is 2. The molecular formula is C16H12ClN5OS. The number of fused-ring (bicyclic) bond motifs is 1. The molecular weight excluding hydrogens is 346 g/mol. The van der Waals surface area contributed by atoms with Gasteiger partial charge < -0.3 is 0 Å². The molecule has 3 N–H and O–H groups in total. The minimum atomic E-state index is -0.396. The first-order valence-corrected chi connectivity index (χ1v) is 7.75. The van der Waals surface area contributed by atoms with Crippen molar-refractivity contribution in [1.82, 2.24) is 20.7 Å². The van der Waals surface area contributed by atoms with E-state index in [1.54, 1.807) is 24.3 Å². The molecule has 0 bridgehead atoms. The van der Waals surface area contributed by atoms with Crippen molar-refractivity contribution < 1.29 is 4.79 Å². The topological polar surface area (TPSA) is 78.9 Å². The number of carbonyl (C=O) groups is 1. The summed E-state index contributed by atoms with van der Waals surface area (Å²) >= 11 is 11.1. The van der Waals surface area contributed by atoms with Crippen LogP contribution in [-0.2, 0) is 0 Å². The molecule has 0 aliphatic carbocycles. The van der Waals surface area contributed by atoms with Crippen LogP contribution in [0.2, 0.25) is 5.02 Å². The van der Waals surface area contributed by atoms with E-state index in [1.165, 1.54) is 6.33 Å². The van der Waals surface area contributed by atoms with Crippen molar-refractivity contribution in [3.8, 4) is 0 Å². The third kappa shape index (κ3) is 3.58. The molecule has 0 aliphatic rings. The van der Waals surface area contributed by atoms with Gasteiger partial charge in [0, 0.05) is 5.39 Å². The van der Waals surface area contributed by atoms with Gasteiger partial charge in [-0.1, -0.05) is 35.9 Å². The number of carbonyl (C=O) groups excluding carboxylic acids is 1. The minimum absolute atomic E-state index is 0.0996. The molecule has 3 rings (SSSR count). The van der Waals surface area contributed by atoms with Crippen molar-refractivity contribution in [3.05, 3.63) is 65.4 Å². The maximum Gasteiger partial charge on any atom is 0.258 e. The lowest BCUT2D eigenvalue weighted by atomic mass is 10.2. The monoisotopic (exact) mass is 357 g/mol. The number of hydrazine groups is 1. The standard InChI is InChI=1S/C16H12ClN5OS/c17-12-7-3-1-5-10(12)15(23)20-16(24)22-21-14-11-6-2-4-8-13(11)18-9-19-14/h1-9H,(H,18,19,21)(H2,20,22,23,24). The Morgan fingerprint density at radius 2 is 1.79 bits per heavy atom. The van der Waals surface area contributed by atoms with Crippen LogP contribution < -0.4 is 16.2 Å². The van der Waals surface area contributed by atoms with Gasteiger partial charge in [0.25, 0.3) is 5.91 Å². The van der Waals surface area contributed by atoms with Crippen molar-refractivity contribution >= 4 is 51.6 Å². The van der Waals surface area contributed by atoms with Crippen molar-refractivity contribution in [3.63, 3.8) is 0 Å². The molecule has 3 aromatic rings. The molecule has 8 heteroatoms. The number of nitrogens with one attached hydrogen (secondary N) is 3. The number of rotatable bonds is 3. The second-order valence-electron chi connectivity index (χ2n) is 4.75. The zero-order valence-corrected chi connectivity index (χ0v) is 13.9. The summed E-state index contributed by atoms with van der Waals surface area (Å²) in [6.07, 6.45) is 1.44. The largest absolute Gasteiger partial charge is 0.298 e. The van der Waals surface area contributed by atoms with Gasteiger partial charge in [-0.15, -0.1) is 0 Å². The highest BCUT2D eigenvalue weighted by molar-refractivity contribution is 7.80. The number of benzene rings is 2. The zero-order valence-electron chi connectivity index (χ0n) is 12.3. The predicted octanol–water partition coefficient (Wildman–Crippen LogP) is 2.91. The summed E-state index contributed by atoms with van der Waals surface area (Å²) in [5.41, 5.74) is 6.73. The lowest BCUT2D eigenvalue weighted by Crippen LogP contribution is -2.42. The van der Waals surface area contributed by atoms with E-state index in [1.807, 2.05) is 24.3 Å². The van der Waals surface area contributed by atoms with E-state index in [-0.39, 0.29) is 5.11 Å². The molecule has 2 aromatic carbocycles. The van der Waals surface area contributed by atoms with E-state index in [0.29, 0.717) is 16.4 Å². The first-order valence-electron chi connectivity index (χ1n) is 6.97. The van der Waals surface area contributed by atoms with E-state index >= 15 is 0 Å². The number of halogens is 1. The molecule has 1 heterocycles. The second kappa shape index (κ2) is 7.20. The second-order valence-corrected chi connectivity index (χ2v) is 5.57. The van der Waals surface area contributed by atoms with Gasteiger partial charge in [-0.05, 0) is 36.5 Å². The molecule has 0 spiro atoms. The molecule has 6 nitrogen and oxygen atoms in total. The van der Waals surface area contributed by atoms with E-state index in [4.69, 9.17) is 23.8 Å². The molecule has 0 saturated carbocycles. The molecule has 120 valence electrons. The Hall–Kier alpha value is -2.77. The van der Waals surface area contributed by atoms with Gasteiger partial charge >= 0.3 is 0 Å². The highest BCUT2D eigenvalue weighted by Crippen LogP contribution is 2.17. The molecule has 0 radical (unpaired) electrons. The van der Waals surface area contributed by atoms with Crippen LogP contribution in [0.3, 0.4) is 0 Å². The summed E-state index contributed by atoms with van der Waals surface area (Å²) in [5, 5.41) is 3.83. The number of hydrogen-bond donors (Lipinski definition) is 3. The molecule has 1 amide bonds. The third-order valence-corrected chi connectivity index (χ3v) is 3.72. The van der Waals surface area contributed by atoms with Crippen molar-refractivity contribution in [1.29, 1.82) is 0 Å². The Balaban J connectivity index is 1.65. The number of hydrogen-bond acceptors (Lipinski definition) is 5. The first-order chi connectivity index (χ1) is 11.6. The lowest BCUT2D eigenvalue weighted by molar-refractivity contribution is 0.0977. The molecule has 0 aliphatic heterocycles. The Morgan fingerprint density at radius 1 is 1.04 bits per heavy atom. The van der Waals surface area contributed by atoms with E-state index in [2.05, 4.69) is 26.1 Å². The number of para-hydroxylation sites is 1. The fourth-order valence-electron chi connectivity index (χ4n) is 2.07. The maximum atomic E-state index is 12.1. The summed E-state index contributed by atoms with van der Waals surface area (Å²) < 4.78 is 0. The zero-order chi connectivity index (χ0) is 16.9. The van der Waals surface area contributed by atoms with Gasteiger partial charge in [-0.2, -0.15) is 0 Å². The molecule has 1 aromatic heterocycles. The average Bonchev–Trinajstić information content (AvgIpc) is 2.60. The van der Waals surface area contributed by atoms with Crippen LogP contribution in [-0.4, -0.2) is 21.0 Å². The van der Waals surface area contributed by atoms with Crippen LogP contribution in [0.15, 0.2) is 54.9 Å². The highest BCUT2D eigenvalue weighted by Gasteiger charge is 2.11. The molecule has 24 heavy (non-hydrogen) atoms. The minimum Gasteiger partial charge on any atom is -0.298 e. The Morgan fingerprint density at radius 3 is 2.62 bits per heavy atom. The van der Waals surface area contributed by atoms with Crippen LogP contribution in [0.1, 0.15) is 10.4 Å². The summed E-state index contributed by atoms with van der Waals surface area (Å²) in [7, 11) is 0. The number of anilines is 1. The molecule has 0 atom stereocenters.